The molecule has 0 fully saturated rings. The molecule has 0 aliphatic heterocycles. The number of imidazole rings is 1. The summed E-state index contributed by atoms with van der Waals surface area (Å²) in [6, 6.07) is 5.78. The van der Waals surface area contributed by atoms with Crippen LogP contribution in [0.3, 0.4) is 0 Å². The van der Waals surface area contributed by atoms with Gasteiger partial charge in [0.15, 0.2) is 6.73 Å². The zero-order chi connectivity index (χ0) is 21.8. The van der Waals surface area contributed by atoms with Gasteiger partial charge in [0.1, 0.15) is 28.1 Å². The molecule has 0 saturated heterocycles. The molecule has 2 rings (SSSR count). The largest absolute Gasteiger partial charge is 0.744 e. The summed E-state index contributed by atoms with van der Waals surface area (Å²) in [5, 5.41) is 0.252. The number of hydrogen-bond acceptors (Lipinski definition) is 4. The van der Waals surface area contributed by atoms with Crippen LogP contribution in [0.2, 0.25) is 0 Å². The van der Waals surface area contributed by atoms with E-state index in [1.165, 1.54) is 12.1 Å². The second-order valence-electron chi connectivity index (χ2n) is 8.70. The van der Waals surface area contributed by atoms with Gasteiger partial charge in [0.25, 0.3) is 0 Å². The predicted molar refractivity (Wildman–Crippen MR) is 112 cm³/mol. The molecule has 0 amide bonds. The van der Waals surface area contributed by atoms with E-state index < -0.39 is 18.3 Å². The second-order valence-corrected chi connectivity index (χ2v) is 12.7. The van der Waals surface area contributed by atoms with Crippen LogP contribution >= 0.6 is 8.15 Å². The number of aromatic nitrogens is 2. The van der Waals surface area contributed by atoms with E-state index in [1.54, 1.807) is 12.1 Å². The number of rotatable bonds is 4. The van der Waals surface area contributed by atoms with E-state index in [0.29, 0.717) is 6.73 Å². The summed E-state index contributed by atoms with van der Waals surface area (Å²) in [7, 11) is -4.66. The van der Waals surface area contributed by atoms with Gasteiger partial charge >= 0.3 is 0 Å². The summed E-state index contributed by atoms with van der Waals surface area (Å²) in [5.41, 5.74) is 1.06. The Balaban J connectivity index is 0.000000307. The molecule has 158 valence electrons. The van der Waals surface area contributed by atoms with Crippen LogP contribution < -0.4 is 4.57 Å². The molecule has 28 heavy (non-hydrogen) atoms. The van der Waals surface area contributed by atoms with Crippen molar-refractivity contribution in [2.75, 3.05) is 6.66 Å². The summed E-state index contributed by atoms with van der Waals surface area (Å²) in [6.45, 7) is 17.9. The number of nitrogens with zero attached hydrogens (tertiary/aromatic N) is 2. The third-order valence-corrected chi connectivity index (χ3v) is 7.36. The SMILES string of the molecule is CP(OCn1cc[n+](C(C)(C)C)c1)C(C)(C)C.Cc1ccc(S(=O)(=O)[O-])cc1. The lowest BCUT2D eigenvalue weighted by molar-refractivity contribution is -0.753. The lowest BCUT2D eigenvalue weighted by atomic mass is 10.1. The lowest BCUT2D eigenvalue weighted by Crippen LogP contribution is -2.48. The van der Waals surface area contributed by atoms with E-state index in [9.17, 15) is 13.0 Å². The molecule has 0 N–H and O–H groups in total. The molecule has 1 atom stereocenters. The molecule has 6 nitrogen and oxygen atoms in total. The van der Waals surface area contributed by atoms with E-state index in [0.717, 1.165) is 5.56 Å². The highest BCUT2D eigenvalue weighted by atomic mass is 32.2. The van der Waals surface area contributed by atoms with Crippen LogP contribution in [-0.2, 0) is 26.9 Å². The van der Waals surface area contributed by atoms with Crippen molar-refractivity contribution >= 4 is 18.3 Å². The topological polar surface area (TPSA) is 75.2 Å². The van der Waals surface area contributed by atoms with Gasteiger partial charge in [-0.3, -0.25) is 0 Å². The minimum atomic E-state index is -4.27. The number of hydrogen-bond donors (Lipinski definition) is 0. The van der Waals surface area contributed by atoms with Gasteiger partial charge in [0, 0.05) is 13.3 Å². The first-order valence-corrected chi connectivity index (χ1v) is 12.2. The Labute approximate surface area is 171 Å². The Morgan fingerprint density at radius 1 is 1.11 bits per heavy atom. The van der Waals surface area contributed by atoms with Crippen LogP contribution in [0.5, 0.6) is 0 Å². The van der Waals surface area contributed by atoms with Crippen molar-refractivity contribution in [3.05, 3.63) is 48.5 Å². The molecular weight excluding hydrogens is 395 g/mol. The van der Waals surface area contributed by atoms with E-state index >= 15 is 0 Å². The van der Waals surface area contributed by atoms with E-state index in [2.05, 4.69) is 76.1 Å². The number of benzene rings is 1. The summed E-state index contributed by atoms with van der Waals surface area (Å²) >= 11 is 0. The maximum absolute atomic E-state index is 10.4. The van der Waals surface area contributed by atoms with Crippen LogP contribution in [0.15, 0.2) is 47.9 Å². The zero-order valence-electron chi connectivity index (χ0n) is 18.1. The first kappa shape index (κ1) is 24.8. The summed E-state index contributed by atoms with van der Waals surface area (Å²) < 4.78 is 41.4. The quantitative estimate of drug-likeness (QED) is 0.415. The highest BCUT2D eigenvalue weighted by Gasteiger charge is 2.23. The smallest absolute Gasteiger partial charge is 0.246 e. The molecule has 0 aliphatic carbocycles. The van der Waals surface area contributed by atoms with Crippen LogP contribution in [0, 0.1) is 6.92 Å². The third kappa shape index (κ3) is 8.39. The number of aryl methyl sites for hydroxylation is 1. The van der Waals surface area contributed by atoms with Gasteiger partial charge in [0.2, 0.25) is 6.33 Å². The molecule has 0 saturated carbocycles. The second kappa shape index (κ2) is 9.49. The average molecular weight is 429 g/mol. The van der Waals surface area contributed by atoms with Crippen molar-refractivity contribution in [2.24, 2.45) is 0 Å². The van der Waals surface area contributed by atoms with Crippen LogP contribution in [0.4, 0.5) is 0 Å². The Hall–Kier alpha value is -1.27. The monoisotopic (exact) mass is 428 g/mol. The van der Waals surface area contributed by atoms with Crippen molar-refractivity contribution in [1.82, 2.24) is 4.57 Å². The molecule has 1 heterocycles. The highest BCUT2D eigenvalue weighted by molar-refractivity contribution is 7.85. The van der Waals surface area contributed by atoms with Gasteiger partial charge in [-0.25, -0.2) is 17.6 Å². The fourth-order valence-electron chi connectivity index (χ4n) is 1.92. The summed E-state index contributed by atoms with van der Waals surface area (Å²) in [6.07, 6.45) is 6.27. The van der Waals surface area contributed by atoms with Crippen LogP contribution in [0.25, 0.3) is 0 Å². The molecule has 1 aromatic carbocycles. The predicted octanol–water partition coefficient (Wildman–Crippen LogP) is 4.23. The maximum Gasteiger partial charge on any atom is 0.246 e. The van der Waals surface area contributed by atoms with Crippen molar-refractivity contribution in [3.63, 3.8) is 0 Å². The molecule has 2 aromatic rings. The highest BCUT2D eigenvalue weighted by Crippen LogP contribution is 2.46. The van der Waals surface area contributed by atoms with Crippen molar-refractivity contribution in [2.45, 2.75) is 70.8 Å². The molecule has 0 aliphatic rings. The molecule has 0 radical (unpaired) electrons. The van der Waals surface area contributed by atoms with Gasteiger partial charge in [-0.15, -0.1) is 0 Å². The molecule has 1 unspecified atom stereocenters. The molecule has 1 aromatic heterocycles. The third-order valence-electron chi connectivity index (χ3n) is 4.12. The molecule has 0 spiro atoms. The van der Waals surface area contributed by atoms with E-state index in [4.69, 9.17) is 4.52 Å². The molecule has 0 bridgehead atoms. The first-order valence-electron chi connectivity index (χ1n) is 9.07. The van der Waals surface area contributed by atoms with Gasteiger partial charge in [0.05, 0.1) is 4.90 Å². The summed E-state index contributed by atoms with van der Waals surface area (Å²) in [4.78, 5) is -0.178. The Morgan fingerprint density at radius 2 is 1.64 bits per heavy atom. The minimum Gasteiger partial charge on any atom is -0.744 e. The van der Waals surface area contributed by atoms with Gasteiger partial charge in [-0.05, 0) is 46.5 Å². The fourth-order valence-corrected chi connectivity index (χ4v) is 3.08. The van der Waals surface area contributed by atoms with Crippen molar-refractivity contribution < 1.29 is 22.1 Å². The van der Waals surface area contributed by atoms with E-state index in [1.807, 2.05) is 6.92 Å². The fraction of sp³-hybridized carbons (Fsp3) is 0.550. The minimum absolute atomic E-state index is 0.131. The van der Waals surface area contributed by atoms with Crippen molar-refractivity contribution in [3.8, 4) is 0 Å². The molecular formula is C20H33N2O4PS. The van der Waals surface area contributed by atoms with Crippen LogP contribution in [-0.4, -0.2) is 29.4 Å². The zero-order valence-corrected chi connectivity index (χ0v) is 19.8. The Bertz CT molecular complexity index is 848. The maximum atomic E-state index is 10.4. The average Bonchev–Trinajstić information content (AvgIpc) is 3.01. The normalized spacial score (nSPS) is 13.6. The summed E-state index contributed by atoms with van der Waals surface area (Å²) in [5.74, 6) is 0. The Kier molecular flexibility index (Phi) is 8.39. The first-order chi connectivity index (χ1) is 12.6. The van der Waals surface area contributed by atoms with E-state index in [-0.39, 0.29) is 15.6 Å². The Morgan fingerprint density at radius 3 is 2.04 bits per heavy atom. The molecule has 8 heteroatoms. The lowest BCUT2D eigenvalue weighted by Gasteiger charge is -2.25. The van der Waals surface area contributed by atoms with Crippen molar-refractivity contribution in [1.29, 1.82) is 0 Å². The standard InChI is InChI=1S/C13H26N2OP.C7H8O3S/c1-12(2,3)15-9-8-14(10-15)11-16-17(7)13(4,5)6;1-6-2-4-7(5-3-6)11(8,9)10/h8-10H,11H2,1-7H3;2-5H,1H3,(H,8,9,10)/q+1;/p-1. The van der Waals surface area contributed by atoms with Gasteiger partial charge in [-0.2, -0.15) is 0 Å². The van der Waals surface area contributed by atoms with Gasteiger partial charge in [-0.1, -0.05) is 38.5 Å². The van der Waals surface area contributed by atoms with Gasteiger partial charge < -0.3 is 9.08 Å². The van der Waals surface area contributed by atoms with Crippen LogP contribution in [0.1, 0.15) is 47.1 Å².